The van der Waals surface area contributed by atoms with Gasteiger partial charge in [-0.15, -0.1) is 12.3 Å². The van der Waals surface area contributed by atoms with E-state index < -0.39 is 0 Å². The lowest BCUT2D eigenvalue weighted by molar-refractivity contribution is -0.116. The number of terminal acetylenes is 1. The van der Waals surface area contributed by atoms with Gasteiger partial charge in [-0.1, -0.05) is 6.07 Å². The number of nitrogens with one attached hydrogen (secondary N) is 2. The van der Waals surface area contributed by atoms with Gasteiger partial charge in [-0.2, -0.15) is 5.10 Å². The maximum atomic E-state index is 11.8. The topological polar surface area (TPSA) is 79.8 Å². The van der Waals surface area contributed by atoms with E-state index in [9.17, 15) is 9.59 Å². The van der Waals surface area contributed by atoms with Gasteiger partial charge in [0.25, 0.3) is 0 Å². The number of anilines is 1. The number of amides is 1. The fourth-order valence-electron chi connectivity index (χ4n) is 1.90. The fourth-order valence-corrected chi connectivity index (χ4v) is 1.90. The normalized spacial score (nSPS) is 10.0. The summed E-state index contributed by atoms with van der Waals surface area (Å²) in [5, 5.41) is 8.79. The van der Waals surface area contributed by atoms with Gasteiger partial charge in [0.15, 0.2) is 0 Å². The first-order valence-corrected chi connectivity index (χ1v) is 6.66. The van der Waals surface area contributed by atoms with E-state index in [1.807, 2.05) is 0 Å². The van der Waals surface area contributed by atoms with Crippen molar-refractivity contribution in [2.45, 2.75) is 25.7 Å². The van der Waals surface area contributed by atoms with Gasteiger partial charge in [0.05, 0.1) is 5.69 Å². The van der Waals surface area contributed by atoms with Crippen LogP contribution in [-0.4, -0.2) is 20.7 Å². The second kappa shape index (κ2) is 7.10. The Labute approximate surface area is 122 Å². The highest BCUT2D eigenvalue weighted by atomic mass is 16.2. The zero-order valence-corrected chi connectivity index (χ0v) is 11.5. The average Bonchev–Trinajstić information content (AvgIpc) is 2.90. The van der Waals surface area contributed by atoms with E-state index in [0.717, 1.165) is 12.8 Å². The van der Waals surface area contributed by atoms with Crippen molar-refractivity contribution in [2.75, 3.05) is 5.32 Å². The van der Waals surface area contributed by atoms with Crippen molar-refractivity contribution >= 4 is 11.6 Å². The van der Waals surface area contributed by atoms with Crippen LogP contribution in [0, 0.1) is 12.3 Å². The van der Waals surface area contributed by atoms with Crippen LogP contribution in [-0.2, 0) is 4.79 Å². The number of carbonyl (C=O) groups is 1. The summed E-state index contributed by atoms with van der Waals surface area (Å²) in [6.07, 6.45) is 9.27. The zero-order chi connectivity index (χ0) is 15.1. The number of carbonyl (C=O) groups excluding carboxylic acids is 1. The zero-order valence-electron chi connectivity index (χ0n) is 11.5. The number of aromatic amines is 1. The number of aromatic nitrogens is 3. The van der Waals surface area contributed by atoms with Crippen LogP contribution < -0.4 is 11.0 Å². The van der Waals surface area contributed by atoms with Gasteiger partial charge in [-0.25, -0.2) is 14.5 Å². The number of rotatable bonds is 6. The molecule has 108 valence electrons. The van der Waals surface area contributed by atoms with E-state index in [0.29, 0.717) is 24.2 Å². The summed E-state index contributed by atoms with van der Waals surface area (Å²) in [6, 6.07) is 7.02. The average molecular weight is 284 g/mol. The first-order valence-electron chi connectivity index (χ1n) is 6.66. The number of hydrogen-bond donors (Lipinski definition) is 2. The van der Waals surface area contributed by atoms with Gasteiger partial charge in [0.1, 0.15) is 6.33 Å². The highest BCUT2D eigenvalue weighted by Gasteiger charge is 2.05. The third kappa shape index (κ3) is 4.08. The van der Waals surface area contributed by atoms with E-state index in [4.69, 9.17) is 6.42 Å². The largest absolute Gasteiger partial charge is 0.347 e. The first-order chi connectivity index (χ1) is 10.2. The van der Waals surface area contributed by atoms with Gasteiger partial charge in [0.2, 0.25) is 5.91 Å². The molecule has 2 rings (SSSR count). The van der Waals surface area contributed by atoms with Gasteiger partial charge < -0.3 is 5.32 Å². The van der Waals surface area contributed by atoms with Gasteiger partial charge in [-0.05, 0) is 31.0 Å². The molecule has 2 N–H and O–H groups in total. The molecule has 6 nitrogen and oxygen atoms in total. The summed E-state index contributed by atoms with van der Waals surface area (Å²) in [7, 11) is 0. The predicted octanol–water partition coefficient (Wildman–Crippen LogP) is 1.69. The molecule has 0 fully saturated rings. The number of benzene rings is 1. The summed E-state index contributed by atoms with van der Waals surface area (Å²) < 4.78 is 1.36. The van der Waals surface area contributed by atoms with E-state index in [1.54, 1.807) is 24.3 Å². The van der Waals surface area contributed by atoms with E-state index in [2.05, 4.69) is 21.4 Å². The second-order valence-corrected chi connectivity index (χ2v) is 4.54. The predicted molar refractivity (Wildman–Crippen MR) is 80.1 cm³/mol. The van der Waals surface area contributed by atoms with Gasteiger partial charge >= 0.3 is 5.69 Å². The molecule has 0 saturated heterocycles. The Kier molecular flexibility index (Phi) is 4.94. The Balaban J connectivity index is 1.99. The summed E-state index contributed by atoms with van der Waals surface area (Å²) in [6.45, 7) is 0. The van der Waals surface area contributed by atoms with Crippen molar-refractivity contribution in [3.63, 3.8) is 0 Å². The fraction of sp³-hybridized carbons (Fsp3) is 0.267. The SMILES string of the molecule is C#CCCCCC(=O)Nc1cccc(-n2cn[nH]c2=O)c1. The Hall–Kier alpha value is -2.81. The lowest BCUT2D eigenvalue weighted by Gasteiger charge is -2.07. The van der Waals surface area contributed by atoms with Crippen molar-refractivity contribution in [1.82, 2.24) is 14.8 Å². The molecule has 1 heterocycles. The summed E-state index contributed by atoms with van der Waals surface area (Å²) in [4.78, 5) is 23.3. The van der Waals surface area contributed by atoms with Crippen molar-refractivity contribution in [3.05, 3.63) is 41.1 Å². The van der Waals surface area contributed by atoms with Crippen molar-refractivity contribution in [3.8, 4) is 18.0 Å². The summed E-state index contributed by atoms with van der Waals surface area (Å²) >= 11 is 0. The monoisotopic (exact) mass is 284 g/mol. The molecule has 0 aliphatic rings. The molecule has 0 unspecified atom stereocenters. The molecular weight excluding hydrogens is 268 g/mol. The Morgan fingerprint density at radius 3 is 3.00 bits per heavy atom. The van der Waals surface area contributed by atoms with Crippen LogP contribution in [0.25, 0.3) is 5.69 Å². The molecule has 0 bridgehead atoms. The molecule has 0 spiro atoms. The number of H-pyrrole nitrogens is 1. The van der Waals surface area contributed by atoms with Crippen LogP contribution in [0.15, 0.2) is 35.4 Å². The Morgan fingerprint density at radius 2 is 2.29 bits per heavy atom. The van der Waals surface area contributed by atoms with Crippen LogP contribution in [0.5, 0.6) is 0 Å². The third-order valence-electron chi connectivity index (χ3n) is 2.94. The molecular formula is C15H16N4O2. The number of unbranched alkanes of at least 4 members (excludes halogenated alkanes) is 2. The van der Waals surface area contributed by atoms with Crippen LogP contribution in [0.4, 0.5) is 5.69 Å². The third-order valence-corrected chi connectivity index (χ3v) is 2.94. The van der Waals surface area contributed by atoms with Crippen LogP contribution in [0.2, 0.25) is 0 Å². The highest BCUT2D eigenvalue weighted by molar-refractivity contribution is 5.90. The van der Waals surface area contributed by atoms with Crippen LogP contribution >= 0.6 is 0 Å². The molecule has 1 amide bonds. The smallest absolute Gasteiger partial charge is 0.326 e. The van der Waals surface area contributed by atoms with Gasteiger partial charge in [-0.3, -0.25) is 4.79 Å². The number of hydrogen-bond acceptors (Lipinski definition) is 3. The molecule has 2 aromatic rings. The Morgan fingerprint density at radius 1 is 1.43 bits per heavy atom. The standard InChI is InChI=1S/C15H16N4O2/c1-2-3-4-5-9-14(20)17-12-7-6-8-13(10-12)19-11-16-18-15(19)21/h1,6-8,10-11H,3-5,9H2,(H,17,20)(H,18,21). The molecule has 1 aromatic carbocycles. The molecule has 1 aromatic heterocycles. The minimum Gasteiger partial charge on any atom is -0.326 e. The van der Waals surface area contributed by atoms with Crippen LogP contribution in [0.3, 0.4) is 0 Å². The summed E-state index contributed by atoms with van der Waals surface area (Å²) in [5.74, 6) is 2.48. The van der Waals surface area contributed by atoms with E-state index >= 15 is 0 Å². The highest BCUT2D eigenvalue weighted by Crippen LogP contribution is 2.13. The summed E-state index contributed by atoms with van der Waals surface area (Å²) in [5.41, 5.74) is 0.953. The molecule has 0 aliphatic heterocycles. The molecule has 0 radical (unpaired) electrons. The number of nitrogens with zero attached hydrogens (tertiary/aromatic N) is 2. The molecule has 0 atom stereocenters. The lowest BCUT2D eigenvalue weighted by Crippen LogP contribution is -2.15. The molecule has 21 heavy (non-hydrogen) atoms. The Bertz CT molecular complexity index is 709. The first kappa shape index (κ1) is 14.6. The maximum Gasteiger partial charge on any atom is 0.347 e. The van der Waals surface area contributed by atoms with E-state index in [1.165, 1.54) is 10.9 Å². The van der Waals surface area contributed by atoms with E-state index in [-0.39, 0.29) is 11.6 Å². The quantitative estimate of drug-likeness (QED) is 0.626. The minimum absolute atomic E-state index is 0.0660. The molecule has 6 heteroatoms. The maximum absolute atomic E-state index is 11.8. The van der Waals surface area contributed by atoms with Crippen molar-refractivity contribution in [2.24, 2.45) is 0 Å². The molecule has 0 aliphatic carbocycles. The van der Waals surface area contributed by atoms with Gasteiger partial charge in [0, 0.05) is 18.5 Å². The van der Waals surface area contributed by atoms with Crippen molar-refractivity contribution < 1.29 is 4.79 Å². The minimum atomic E-state index is -0.326. The van der Waals surface area contributed by atoms with Crippen molar-refractivity contribution in [1.29, 1.82) is 0 Å². The lowest BCUT2D eigenvalue weighted by atomic mass is 10.2. The second-order valence-electron chi connectivity index (χ2n) is 4.54. The van der Waals surface area contributed by atoms with Crippen LogP contribution in [0.1, 0.15) is 25.7 Å². The molecule has 0 saturated carbocycles.